The van der Waals surface area contributed by atoms with Crippen molar-refractivity contribution in [2.45, 2.75) is 19.6 Å². The number of carbonyl (C=O) groups is 1. The molecule has 0 aliphatic carbocycles. The number of benzene rings is 2. The lowest BCUT2D eigenvalue weighted by atomic mass is 10.1. The predicted octanol–water partition coefficient (Wildman–Crippen LogP) is 2.13. The molecule has 0 saturated carbocycles. The lowest BCUT2D eigenvalue weighted by molar-refractivity contribution is -0.142. The molecule has 1 aromatic heterocycles. The van der Waals surface area contributed by atoms with Gasteiger partial charge in [0.1, 0.15) is 5.75 Å². The van der Waals surface area contributed by atoms with E-state index in [0.29, 0.717) is 56.9 Å². The number of para-hydroxylation sites is 3. The molecule has 2 aliphatic heterocycles. The lowest BCUT2D eigenvalue weighted by Gasteiger charge is -2.38. The summed E-state index contributed by atoms with van der Waals surface area (Å²) >= 11 is 0. The Bertz CT molecular complexity index is 1180. The van der Waals surface area contributed by atoms with Crippen molar-refractivity contribution in [3.8, 4) is 5.75 Å². The summed E-state index contributed by atoms with van der Waals surface area (Å²) in [6, 6.07) is 15.5. The van der Waals surface area contributed by atoms with Gasteiger partial charge in [0, 0.05) is 18.8 Å². The van der Waals surface area contributed by atoms with Gasteiger partial charge in [-0.1, -0.05) is 30.3 Å². The Balaban J connectivity index is 1.38. The second kappa shape index (κ2) is 9.52. The smallest absolute Gasteiger partial charge is 0.265 e. The zero-order valence-corrected chi connectivity index (χ0v) is 19.0. The van der Waals surface area contributed by atoms with Gasteiger partial charge in [-0.15, -0.1) is 0 Å². The summed E-state index contributed by atoms with van der Waals surface area (Å²) in [4.78, 5) is 30.2. The van der Waals surface area contributed by atoms with Crippen LogP contribution < -0.4 is 20.7 Å². The Morgan fingerprint density at radius 1 is 1.09 bits per heavy atom. The number of carbonyl (C=O) groups excluding carboxylic acids is 1. The average Bonchev–Trinajstić information content (AvgIpc) is 2.85. The van der Waals surface area contributed by atoms with Crippen LogP contribution in [0.3, 0.4) is 0 Å². The van der Waals surface area contributed by atoms with Gasteiger partial charge in [-0.25, -0.2) is 0 Å². The number of hydrogen-bond acceptors (Lipinski definition) is 9. The van der Waals surface area contributed by atoms with Crippen LogP contribution in [0.25, 0.3) is 0 Å². The number of morpholine rings is 1. The van der Waals surface area contributed by atoms with E-state index in [9.17, 15) is 4.79 Å². The van der Waals surface area contributed by atoms with E-state index in [1.165, 1.54) is 0 Å². The Kier molecular flexibility index (Phi) is 6.13. The largest absolute Gasteiger partial charge is 0.477 e. The summed E-state index contributed by atoms with van der Waals surface area (Å²) in [5.41, 5.74) is 8.84. The fourth-order valence-electron chi connectivity index (χ4n) is 4.14. The molecule has 3 aromatic rings. The number of rotatable bonds is 5. The first-order chi connectivity index (χ1) is 16.6. The van der Waals surface area contributed by atoms with Gasteiger partial charge in [0.15, 0.2) is 11.9 Å². The van der Waals surface area contributed by atoms with Crippen LogP contribution in [0, 0.1) is 6.92 Å². The molecule has 1 amide bonds. The fraction of sp³-hybridized carbons (Fsp3) is 0.333. The lowest BCUT2D eigenvalue weighted by Crippen LogP contribution is -2.52. The minimum atomic E-state index is -0.628. The van der Waals surface area contributed by atoms with Gasteiger partial charge in [-0.05, 0) is 30.7 Å². The van der Waals surface area contributed by atoms with Gasteiger partial charge in [0.25, 0.3) is 5.91 Å². The first-order valence-corrected chi connectivity index (χ1v) is 11.3. The predicted molar refractivity (Wildman–Crippen MR) is 128 cm³/mol. The molecule has 1 fully saturated rings. The molecule has 1 atom stereocenters. The van der Waals surface area contributed by atoms with Gasteiger partial charge >= 0.3 is 0 Å². The summed E-state index contributed by atoms with van der Waals surface area (Å²) in [7, 11) is 0. The van der Waals surface area contributed by atoms with E-state index < -0.39 is 6.10 Å². The van der Waals surface area contributed by atoms with Crippen molar-refractivity contribution in [2.24, 2.45) is 0 Å². The highest BCUT2D eigenvalue weighted by Gasteiger charge is 2.34. The Morgan fingerprint density at radius 3 is 2.68 bits per heavy atom. The Labute approximate surface area is 197 Å². The highest BCUT2D eigenvalue weighted by Crippen LogP contribution is 2.34. The first-order valence-electron chi connectivity index (χ1n) is 11.3. The third kappa shape index (κ3) is 4.72. The molecule has 3 N–H and O–H groups in total. The van der Waals surface area contributed by atoms with Gasteiger partial charge in [-0.3, -0.25) is 4.79 Å². The minimum absolute atomic E-state index is 0.0418. The van der Waals surface area contributed by atoms with E-state index >= 15 is 0 Å². The molecule has 2 aliphatic rings. The third-order valence-electron chi connectivity index (χ3n) is 5.88. The average molecular weight is 462 g/mol. The highest BCUT2D eigenvalue weighted by molar-refractivity contribution is 5.83. The fourth-order valence-corrected chi connectivity index (χ4v) is 4.14. The zero-order valence-electron chi connectivity index (χ0n) is 19.0. The van der Waals surface area contributed by atoms with Crippen molar-refractivity contribution in [1.29, 1.82) is 0 Å². The quantitative estimate of drug-likeness (QED) is 0.589. The standard InChI is InChI=1S/C24H27N7O3/c1-16-6-2-3-7-17(16)26-24-28-21(27-23(25)29-24)15-31-14-20(22(32)30-10-12-33-13-11-30)34-19-9-5-4-8-18(19)31/h2-9,20H,10-15H2,1H3,(H3,25,26,27,28,29). The summed E-state index contributed by atoms with van der Waals surface area (Å²) in [5, 5.41) is 3.22. The molecule has 34 heavy (non-hydrogen) atoms. The summed E-state index contributed by atoms with van der Waals surface area (Å²) in [5.74, 6) is 1.61. The number of nitrogen functional groups attached to an aromatic ring is 1. The molecule has 1 saturated heterocycles. The second-order valence-corrected chi connectivity index (χ2v) is 8.27. The number of aromatic nitrogens is 3. The number of nitrogens with two attached hydrogens (primary N) is 1. The molecule has 1 unspecified atom stereocenters. The van der Waals surface area contributed by atoms with E-state index in [-0.39, 0.29) is 11.9 Å². The monoisotopic (exact) mass is 461 g/mol. The number of nitrogens with one attached hydrogen (secondary N) is 1. The normalized spacial score (nSPS) is 17.6. The molecule has 10 heteroatoms. The molecule has 0 radical (unpaired) electrons. The maximum Gasteiger partial charge on any atom is 0.265 e. The Morgan fingerprint density at radius 2 is 1.85 bits per heavy atom. The zero-order chi connectivity index (χ0) is 23.5. The van der Waals surface area contributed by atoms with Gasteiger partial charge in [0.2, 0.25) is 11.9 Å². The van der Waals surface area contributed by atoms with Crippen molar-refractivity contribution >= 4 is 29.2 Å². The van der Waals surface area contributed by atoms with Crippen LogP contribution in [-0.2, 0) is 16.1 Å². The number of hydrogen-bond donors (Lipinski definition) is 2. The second-order valence-electron chi connectivity index (χ2n) is 8.27. The van der Waals surface area contributed by atoms with E-state index in [0.717, 1.165) is 16.9 Å². The maximum atomic E-state index is 13.2. The van der Waals surface area contributed by atoms with Gasteiger partial charge in [0.05, 0.1) is 32.0 Å². The van der Waals surface area contributed by atoms with E-state index in [1.807, 2.05) is 60.4 Å². The molecule has 3 heterocycles. The third-order valence-corrected chi connectivity index (χ3v) is 5.88. The molecule has 5 rings (SSSR count). The van der Waals surface area contributed by atoms with Crippen LogP contribution in [0.4, 0.5) is 23.3 Å². The molecule has 10 nitrogen and oxygen atoms in total. The maximum absolute atomic E-state index is 13.2. The van der Waals surface area contributed by atoms with Crippen molar-refractivity contribution < 1.29 is 14.3 Å². The van der Waals surface area contributed by atoms with Crippen LogP contribution in [0.2, 0.25) is 0 Å². The molecule has 2 aromatic carbocycles. The molecule has 0 spiro atoms. The van der Waals surface area contributed by atoms with Crippen LogP contribution in [0.1, 0.15) is 11.4 Å². The highest BCUT2D eigenvalue weighted by atomic mass is 16.5. The first kappa shape index (κ1) is 21.9. The minimum Gasteiger partial charge on any atom is -0.477 e. The van der Waals surface area contributed by atoms with Crippen molar-refractivity contribution in [1.82, 2.24) is 19.9 Å². The van der Waals surface area contributed by atoms with Crippen molar-refractivity contribution in [3.05, 3.63) is 59.9 Å². The van der Waals surface area contributed by atoms with Crippen molar-refractivity contribution in [3.63, 3.8) is 0 Å². The van der Waals surface area contributed by atoms with Crippen LogP contribution in [0.15, 0.2) is 48.5 Å². The van der Waals surface area contributed by atoms with Crippen LogP contribution in [-0.4, -0.2) is 64.7 Å². The Hall–Kier alpha value is -3.92. The van der Waals surface area contributed by atoms with E-state index in [2.05, 4.69) is 20.3 Å². The van der Waals surface area contributed by atoms with Gasteiger partial charge in [-0.2, -0.15) is 15.0 Å². The molecular weight excluding hydrogens is 434 g/mol. The molecular formula is C24H27N7O3. The number of fused-ring (bicyclic) bond motifs is 1. The van der Waals surface area contributed by atoms with Gasteiger partial charge < -0.3 is 30.3 Å². The summed E-state index contributed by atoms with van der Waals surface area (Å²) in [6.45, 7) is 4.95. The van der Waals surface area contributed by atoms with E-state index in [4.69, 9.17) is 15.2 Å². The number of amides is 1. The topological polar surface area (TPSA) is 119 Å². The molecule has 176 valence electrons. The molecule has 0 bridgehead atoms. The number of aryl methyl sites for hydroxylation is 1. The van der Waals surface area contributed by atoms with E-state index in [1.54, 1.807) is 4.90 Å². The number of anilines is 4. The van der Waals surface area contributed by atoms with Crippen LogP contribution in [0.5, 0.6) is 5.75 Å². The number of ether oxygens (including phenoxy) is 2. The number of nitrogens with zero attached hydrogens (tertiary/aromatic N) is 5. The SMILES string of the molecule is Cc1ccccc1Nc1nc(N)nc(CN2CC(C(=O)N3CCOCC3)Oc3ccccc32)n1. The summed E-state index contributed by atoms with van der Waals surface area (Å²) in [6.07, 6.45) is -0.628. The van der Waals surface area contributed by atoms with Crippen LogP contribution >= 0.6 is 0 Å². The summed E-state index contributed by atoms with van der Waals surface area (Å²) < 4.78 is 11.5. The van der Waals surface area contributed by atoms with Crippen molar-refractivity contribution in [2.75, 3.05) is 48.8 Å².